The lowest BCUT2D eigenvalue weighted by Gasteiger charge is -2.14. The number of rotatable bonds is 8. The van der Waals surface area contributed by atoms with Gasteiger partial charge in [0.15, 0.2) is 0 Å². The lowest BCUT2D eigenvalue weighted by molar-refractivity contribution is 0.00630. The summed E-state index contributed by atoms with van der Waals surface area (Å²) in [6.45, 7) is 5.41. The quantitative estimate of drug-likeness (QED) is 0.723. The molecule has 1 rings (SSSR count). The molecule has 0 aliphatic heterocycles. The van der Waals surface area contributed by atoms with Gasteiger partial charge in [-0.3, -0.25) is 0 Å². The predicted molar refractivity (Wildman–Crippen MR) is 69.6 cm³/mol. The van der Waals surface area contributed by atoms with Gasteiger partial charge in [-0.25, -0.2) is 4.98 Å². The maximum absolute atomic E-state index is 9.64. The zero-order valence-electron chi connectivity index (χ0n) is 11.2. The standard InChI is InChI=1S/C13H22N2O3/c1-10(2)18-9-12(16)8-14-6-11-4-5-13(17-3)15-7-11/h4-5,7,10,12,14,16H,6,8-9H2,1-3H3. The van der Waals surface area contributed by atoms with Crippen LogP contribution in [0, 0.1) is 0 Å². The van der Waals surface area contributed by atoms with Gasteiger partial charge in [0.25, 0.3) is 0 Å². The van der Waals surface area contributed by atoms with Crippen molar-refractivity contribution in [3.63, 3.8) is 0 Å². The molecule has 1 heterocycles. The molecule has 0 spiro atoms. The van der Waals surface area contributed by atoms with E-state index in [0.29, 0.717) is 25.6 Å². The van der Waals surface area contributed by atoms with Gasteiger partial charge in [-0.15, -0.1) is 0 Å². The molecule has 18 heavy (non-hydrogen) atoms. The molecule has 1 unspecified atom stereocenters. The second-order valence-corrected chi connectivity index (χ2v) is 4.38. The molecule has 0 bridgehead atoms. The minimum absolute atomic E-state index is 0.144. The van der Waals surface area contributed by atoms with E-state index >= 15 is 0 Å². The molecular weight excluding hydrogens is 232 g/mol. The molecule has 0 aromatic carbocycles. The molecule has 0 fully saturated rings. The number of ether oxygens (including phenoxy) is 2. The Balaban J connectivity index is 2.20. The van der Waals surface area contributed by atoms with Gasteiger partial charge in [0, 0.05) is 25.4 Å². The van der Waals surface area contributed by atoms with Crippen molar-refractivity contribution in [1.82, 2.24) is 10.3 Å². The summed E-state index contributed by atoms with van der Waals surface area (Å²) in [7, 11) is 1.59. The van der Waals surface area contributed by atoms with Crippen LogP contribution in [-0.2, 0) is 11.3 Å². The van der Waals surface area contributed by atoms with Crippen LogP contribution in [-0.4, -0.2) is 42.6 Å². The van der Waals surface area contributed by atoms with Gasteiger partial charge in [0.1, 0.15) is 0 Å². The fourth-order valence-corrected chi connectivity index (χ4v) is 1.38. The van der Waals surface area contributed by atoms with E-state index in [2.05, 4.69) is 10.3 Å². The summed E-state index contributed by atoms with van der Waals surface area (Å²) in [4.78, 5) is 4.11. The lowest BCUT2D eigenvalue weighted by atomic mass is 10.2. The van der Waals surface area contributed by atoms with Gasteiger partial charge in [-0.05, 0) is 19.4 Å². The number of nitrogens with one attached hydrogen (secondary N) is 1. The van der Waals surface area contributed by atoms with Crippen molar-refractivity contribution in [3.8, 4) is 5.88 Å². The summed E-state index contributed by atoms with van der Waals surface area (Å²) >= 11 is 0. The van der Waals surface area contributed by atoms with Crippen LogP contribution in [0.5, 0.6) is 5.88 Å². The molecule has 0 amide bonds. The number of pyridine rings is 1. The van der Waals surface area contributed by atoms with Crippen LogP contribution in [0.25, 0.3) is 0 Å². The smallest absolute Gasteiger partial charge is 0.212 e. The molecule has 102 valence electrons. The van der Waals surface area contributed by atoms with Crippen molar-refractivity contribution < 1.29 is 14.6 Å². The summed E-state index contributed by atoms with van der Waals surface area (Å²) in [5, 5.41) is 12.8. The Morgan fingerprint density at radius 1 is 1.39 bits per heavy atom. The van der Waals surface area contributed by atoms with E-state index in [1.54, 1.807) is 13.3 Å². The number of nitrogens with zero attached hydrogens (tertiary/aromatic N) is 1. The molecule has 0 aliphatic rings. The zero-order valence-corrected chi connectivity index (χ0v) is 11.2. The molecule has 5 nitrogen and oxygen atoms in total. The molecule has 1 atom stereocenters. The maximum atomic E-state index is 9.64. The van der Waals surface area contributed by atoms with E-state index in [9.17, 15) is 5.11 Å². The molecular formula is C13H22N2O3. The Morgan fingerprint density at radius 2 is 2.17 bits per heavy atom. The van der Waals surface area contributed by atoms with E-state index in [1.807, 2.05) is 26.0 Å². The van der Waals surface area contributed by atoms with Gasteiger partial charge < -0.3 is 19.9 Å². The average Bonchev–Trinajstić information content (AvgIpc) is 2.37. The first-order chi connectivity index (χ1) is 8.61. The highest BCUT2D eigenvalue weighted by molar-refractivity contribution is 5.17. The normalized spacial score (nSPS) is 12.7. The summed E-state index contributed by atoms with van der Waals surface area (Å²) in [6, 6.07) is 3.76. The van der Waals surface area contributed by atoms with Crippen LogP contribution in [0.15, 0.2) is 18.3 Å². The lowest BCUT2D eigenvalue weighted by Crippen LogP contribution is -2.31. The Bertz CT molecular complexity index is 328. The van der Waals surface area contributed by atoms with E-state index in [4.69, 9.17) is 9.47 Å². The number of aliphatic hydroxyl groups excluding tert-OH is 1. The van der Waals surface area contributed by atoms with Gasteiger partial charge in [-0.2, -0.15) is 0 Å². The predicted octanol–water partition coefficient (Wildman–Crippen LogP) is 0.966. The number of aliphatic hydroxyl groups is 1. The molecule has 1 aromatic heterocycles. The largest absolute Gasteiger partial charge is 0.481 e. The molecule has 2 N–H and O–H groups in total. The van der Waals surface area contributed by atoms with Crippen LogP contribution in [0.2, 0.25) is 0 Å². The molecule has 0 saturated carbocycles. The van der Waals surface area contributed by atoms with Crippen LogP contribution in [0.4, 0.5) is 0 Å². The minimum Gasteiger partial charge on any atom is -0.481 e. The van der Waals surface area contributed by atoms with Gasteiger partial charge >= 0.3 is 0 Å². The highest BCUT2D eigenvalue weighted by Gasteiger charge is 2.05. The van der Waals surface area contributed by atoms with E-state index in [1.165, 1.54) is 0 Å². The maximum Gasteiger partial charge on any atom is 0.212 e. The third-order valence-corrected chi connectivity index (χ3v) is 2.34. The monoisotopic (exact) mass is 254 g/mol. The van der Waals surface area contributed by atoms with Crippen LogP contribution in [0.3, 0.4) is 0 Å². The van der Waals surface area contributed by atoms with E-state index in [0.717, 1.165) is 5.56 Å². The third-order valence-electron chi connectivity index (χ3n) is 2.34. The Kier molecular flexibility index (Phi) is 6.64. The summed E-state index contributed by atoms with van der Waals surface area (Å²) in [5.41, 5.74) is 1.05. The Morgan fingerprint density at radius 3 is 2.72 bits per heavy atom. The van der Waals surface area contributed by atoms with Crippen molar-refractivity contribution in [3.05, 3.63) is 23.9 Å². The van der Waals surface area contributed by atoms with Crippen LogP contribution < -0.4 is 10.1 Å². The Labute approximate surface area is 108 Å². The van der Waals surface area contributed by atoms with Gasteiger partial charge in [0.2, 0.25) is 5.88 Å². The topological polar surface area (TPSA) is 63.6 Å². The second kappa shape index (κ2) is 8.02. The molecule has 0 saturated heterocycles. The number of methoxy groups -OCH3 is 1. The highest BCUT2D eigenvalue weighted by Crippen LogP contribution is 2.06. The average molecular weight is 254 g/mol. The van der Waals surface area contributed by atoms with Crippen LogP contribution >= 0.6 is 0 Å². The van der Waals surface area contributed by atoms with Crippen LogP contribution in [0.1, 0.15) is 19.4 Å². The van der Waals surface area contributed by atoms with E-state index < -0.39 is 6.10 Å². The fraction of sp³-hybridized carbons (Fsp3) is 0.615. The van der Waals surface area contributed by atoms with Crippen molar-refractivity contribution in [2.24, 2.45) is 0 Å². The first-order valence-corrected chi connectivity index (χ1v) is 6.11. The zero-order chi connectivity index (χ0) is 13.4. The third kappa shape index (κ3) is 5.95. The number of aromatic nitrogens is 1. The van der Waals surface area contributed by atoms with Crippen molar-refractivity contribution in [2.75, 3.05) is 20.3 Å². The summed E-state index contributed by atoms with van der Waals surface area (Å²) < 4.78 is 10.3. The molecule has 0 aliphatic carbocycles. The summed E-state index contributed by atoms with van der Waals surface area (Å²) in [5.74, 6) is 0.601. The minimum atomic E-state index is -0.487. The molecule has 1 aromatic rings. The molecule has 5 heteroatoms. The van der Waals surface area contributed by atoms with Gasteiger partial charge in [-0.1, -0.05) is 6.07 Å². The first-order valence-electron chi connectivity index (χ1n) is 6.11. The SMILES string of the molecule is COc1ccc(CNCC(O)COC(C)C)cn1. The highest BCUT2D eigenvalue weighted by atomic mass is 16.5. The van der Waals surface area contributed by atoms with E-state index in [-0.39, 0.29) is 6.10 Å². The molecule has 0 radical (unpaired) electrons. The summed E-state index contributed by atoms with van der Waals surface area (Å²) in [6.07, 6.45) is 1.41. The first kappa shape index (κ1) is 14.9. The Hall–Kier alpha value is -1.17. The van der Waals surface area contributed by atoms with Crippen molar-refractivity contribution in [1.29, 1.82) is 0 Å². The fourth-order valence-electron chi connectivity index (χ4n) is 1.38. The number of hydrogen-bond donors (Lipinski definition) is 2. The second-order valence-electron chi connectivity index (χ2n) is 4.38. The van der Waals surface area contributed by atoms with Gasteiger partial charge in [0.05, 0.1) is 25.9 Å². The van der Waals surface area contributed by atoms with Crippen molar-refractivity contribution >= 4 is 0 Å². The number of hydrogen-bond acceptors (Lipinski definition) is 5. The van der Waals surface area contributed by atoms with Crippen molar-refractivity contribution in [2.45, 2.75) is 32.6 Å².